The lowest BCUT2D eigenvalue weighted by Gasteiger charge is -2.36. The molecule has 1 amide bonds. The molecule has 0 radical (unpaired) electrons. The van der Waals surface area contributed by atoms with Crippen molar-refractivity contribution in [3.8, 4) is 5.69 Å². The molecule has 2 aromatic rings. The van der Waals surface area contributed by atoms with Gasteiger partial charge in [0.2, 0.25) is 5.91 Å². The number of hydrogen-bond donors (Lipinski definition) is 2. The zero-order valence-corrected chi connectivity index (χ0v) is 13.7. The summed E-state index contributed by atoms with van der Waals surface area (Å²) >= 11 is 0. The molecule has 1 aliphatic carbocycles. The molecule has 0 unspecified atom stereocenters. The average Bonchev–Trinajstić information content (AvgIpc) is 2.80. The lowest BCUT2D eigenvalue weighted by Crippen LogP contribution is -2.48. The Kier molecular flexibility index (Phi) is 4.22. The van der Waals surface area contributed by atoms with Gasteiger partial charge >= 0.3 is 0 Å². The zero-order valence-electron chi connectivity index (χ0n) is 13.7. The second kappa shape index (κ2) is 6.16. The van der Waals surface area contributed by atoms with Crippen LogP contribution in [0.4, 0.5) is 0 Å². The lowest BCUT2D eigenvalue weighted by molar-refractivity contribution is -0.122. The van der Waals surface area contributed by atoms with E-state index in [1.165, 1.54) is 0 Å². The second-order valence-electron chi connectivity index (χ2n) is 6.43. The van der Waals surface area contributed by atoms with Crippen molar-refractivity contribution in [1.29, 1.82) is 0 Å². The maximum absolute atomic E-state index is 12.2. The number of benzene rings is 1. The third-order valence-electron chi connectivity index (χ3n) is 4.68. The van der Waals surface area contributed by atoms with Gasteiger partial charge in [-0.25, -0.2) is 4.68 Å². The molecular weight excluding hydrogens is 290 g/mol. The van der Waals surface area contributed by atoms with E-state index in [1.807, 2.05) is 48.9 Å². The molecule has 5 nitrogen and oxygen atoms in total. The molecule has 1 aromatic heterocycles. The highest BCUT2D eigenvalue weighted by atomic mass is 16.3. The molecule has 1 heterocycles. The Bertz CT molecular complexity index is 703. The van der Waals surface area contributed by atoms with Gasteiger partial charge in [-0.05, 0) is 45.2 Å². The molecule has 1 fully saturated rings. The topological polar surface area (TPSA) is 67.2 Å². The predicted molar refractivity (Wildman–Crippen MR) is 88.6 cm³/mol. The highest BCUT2D eigenvalue weighted by Crippen LogP contribution is 2.30. The fourth-order valence-electron chi connectivity index (χ4n) is 3.00. The normalized spacial score (nSPS) is 16.0. The maximum Gasteiger partial charge on any atom is 0.224 e. The summed E-state index contributed by atoms with van der Waals surface area (Å²) in [4.78, 5) is 12.2. The summed E-state index contributed by atoms with van der Waals surface area (Å²) in [5, 5.41) is 17.5. The number of carbonyl (C=O) groups is 1. The van der Waals surface area contributed by atoms with Crippen molar-refractivity contribution in [2.75, 3.05) is 6.54 Å². The van der Waals surface area contributed by atoms with E-state index in [9.17, 15) is 9.90 Å². The van der Waals surface area contributed by atoms with Crippen molar-refractivity contribution in [3.63, 3.8) is 0 Å². The number of aromatic nitrogens is 2. The third-order valence-corrected chi connectivity index (χ3v) is 4.68. The van der Waals surface area contributed by atoms with Crippen LogP contribution < -0.4 is 5.32 Å². The molecule has 5 heteroatoms. The van der Waals surface area contributed by atoms with Crippen molar-refractivity contribution < 1.29 is 9.90 Å². The van der Waals surface area contributed by atoms with E-state index in [4.69, 9.17) is 0 Å². The van der Waals surface area contributed by atoms with Gasteiger partial charge in [0.25, 0.3) is 0 Å². The summed E-state index contributed by atoms with van der Waals surface area (Å²) in [7, 11) is 0. The maximum atomic E-state index is 12.2. The molecule has 0 saturated heterocycles. The van der Waals surface area contributed by atoms with Crippen molar-refractivity contribution in [3.05, 3.63) is 47.3 Å². The van der Waals surface area contributed by atoms with Crippen LogP contribution in [-0.2, 0) is 11.2 Å². The van der Waals surface area contributed by atoms with E-state index >= 15 is 0 Å². The highest BCUT2D eigenvalue weighted by molar-refractivity contribution is 5.79. The standard InChI is InChI=1S/C18H23N3O2/c1-13-16(11-17(22)19-12-18(23)9-6-10-18)14(2)21(20-13)15-7-4-3-5-8-15/h3-5,7-8,23H,6,9-12H2,1-2H3,(H,19,22). The van der Waals surface area contributed by atoms with Crippen LogP contribution in [-0.4, -0.2) is 32.9 Å². The second-order valence-corrected chi connectivity index (χ2v) is 6.43. The van der Waals surface area contributed by atoms with E-state index in [0.717, 1.165) is 41.9 Å². The van der Waals surface area contributed by atoms with Crippen LogP contribution in [0.5, 0.6) is 0 Å². The van der Waals surface area contributed by atoms with Gasteiger partial charge < -0.3 is 10.4 Å². The minimum absolute atomic E-state index is 0.0656. The minimum atomic E-state index is -0.687. The molecule has 3 rings (SSSR count). The SMILES string of the molecule is Cc1nn(-c2ccccc2)c(C)c1CC(=O)NCC1(O)CCC1. The number of nitrogens with zero attached hydrogens (tertiary/aromatic N) is 2. The first kappa shape index (κ1) is 15.7. The quantitative estimate of drug-likeness (QED) is 0.888. The number of hydrogen-bond acceptors (Lipinski definition) is 3. The van der Waals surface area contributed by atoms with Crippen molar-refractivity contribution >= 4 is 5.91 Å². The summed E-state index contributed by atoms with van der Waals surface area (Å²) in [5.74, 6) is -0.0656. The Hall–Kier alpha value is -2.14. The molecule has 1 aliphatic rings. The van der Waals surface area contributed by atoms with Crippen LogP contribution in [0.1, 0.15) is 36.2 Å². The van der Waals surface area contributed by atoms with Gasteiger partial charge in [-0.2, -0.15) is 5.10 Å². The summed E-state index contributed by atoms with van der Waals surface area (Å²) in [5.41, 5.74) is 3.10. The summed E-state index contributed by atoms with van der Waals surface area (Å²) < 4.78 is 1.87. The van der Waals surface area contributed by atoms with Gasteiger partial charge in [-0.3, -0.25) is 4.79 Å². The average molecular weight is 313 g/mol. The van der Waals surface area contributed by atoms with Crippen molar-refractivity contribution in [1.82, 2.24) is 15.1 Å². The molecule has 0 atom stereocenters. The van der Waals surface area contributed by atoms with Gasteiger partial charge in [0.05, 0.1) is 23.4 Å². The highest BCUT2D eigenvalue weighted by Gasteiger charge is 2.34. The summed E-state index contributed by atoms with van der Waals surface area (Å²) in [6, 6.07) is 9.90. The number of carbonyl (C=O) groups excluding carboxylic acids is 1. The predicted octanol–water partition coefficient (Wildman–Crippen LogP) is 2.06. The van der Waals surface area contributed by atoms with E-state index < -0.39 is 5.60 Å². The molecule has 1 aromatic carbocycles. The first-order valence-corrected chi connectivity index (χ1v) is 8.08. The van der Waals surface area contributed by atoms with Crippen LogP contribution in [0, 0.1) is 13.8 Å². The van der Waals surface area contributed by atoms with Crippen LogP contribution in [0.3, 0.4) is 0 Å². The Morgan fingerprint density at radius 3 is 2.61 bits per heavy atom. The van der Waals surface area contributed by atoms with Gasteiger partial charge in [0, 0.05) is 17.8 Å². The fourth-order valence-corrected chi connectivity index (χ4v) is 3.00. The Morgan fingerprint density at radius 2 is 2.00 bits per heavy atom. The van der Waals surface area contributed by atoms with Gasteiger partial charge in [0.1, 0.15) is 0 Å². The lowest BCUT2D eigenvalue weighted by atomic mass is 9.80. The molecule has 1 saturated carbocycles. The smallest absolute Gasteiger partial charge is 0.224 e. The number of para-hydroxylation sites is 1. The van der Waals surface area contributed by atoms with Gasteiger partial charge in [-0.15, -0.1) is 0 Å². The number of aryl methyl sites for hydroxylation is 1. The number of amides is 1. The number of aliphatic hydroxyl groups is 1. The minimum Gasteiger partial charge on any atom is -0.388 e. The van der Waals surface area contributed by atoms with E-state index in [1.54, 1.807) is 0 Å². The molecular formula is C18H23N3O2. The van der Waals surface area contributed by atoms with E-state index in [2.05, 4.69) is 10.4 Å². The first-order valence-electron chi connectivity index (χ1n) is 8.08. The molecule has 23 heavy (non-hydrogen) atoms. The largest absolute Gasteiger partial charge is 0.388 e. The van der Waals surface area contributed by atoms with Crippen molar-refractivity contribution in [2.45, 2.75) is 45.1 Å². The van der Waals surface area contributed by atoms with E-state index in [-0.39, 0.29) is 5.91 Å². The van der Waals surface area contributed by atoms with Gasteiger partial charge in [-0.1, -0.05) is 18.2 Å². The van der Waals surface area contributed by atoms with E-state index in [0.29, 0.717) is 13.0 Å². The molecule has 0 spiro atoms. The van der Waals surface area contributed by atoms with Gasteiger partial charge in [0.15, 0.2) is 0 Å². The zero-order chi connectivity index (χ0) is 16.4. The van der Waals surface area contributed by atoms with Crippen LogP contribution >= 0.6 is 0 Å². The molecule has 122 valence electrons. The Labute approximate surface area is 136 Å². The fraction of sp³-hybridized carbons (Fsp3) is 0.444. The van der Waals surface area contributed by atoms with Crippen LogP contribution in [0.2, 0.25) is 0 Å². The van der Waals surface area contributed by atoms with Crippen LogP contribution in [0.25, 0.3) is 5.69 Å². The first-order chi connectivity index (χ1) is 11.0. The molecule has 0 aliphatic heterocycles. The summed E-state index contributed by atoms with van der Waals surface area (Å²) in [6.07, 6.45) is 2.88. The van der Waals surface area contributed by atoms with Crippen LogP contribution in [0.15, 0.2) is 30.3 Å². The molecule has 2 N–H and O–H groups in total. The Morgan fingerprint density at radius 1 is 1.30 bits per heavy atom. The Balaban J connectivity index is 1.70. The van der Waals surface area contributed by atoms with Crippen molar-refractivity contribution in [2.24, 2.45) is 0 Å². The monoisotopic (exact) mass is 313 g/mol. The third kappa shape index (κ3) is 3.29. The number of rotatable bonds is 5. The molecule has 0 bridgehead atoms. The summed E-state index contributed by atoms with van der Waals surface area (Å²) in [6.45, 7) is 4.25. The number of nitrogens with one attached hydrogen (secondary N) is 1.